The molecule has 2 rings (SSSR count). The van der Waals surface area contributed by atoms with E-state index in [-0.39, 0.29) is 0 Å². The van der Waals surface area contributed by atoms with Crippen molar-refractivity contribution in [3.05, 3.63) is 47.3 Å². The van der Waals surface area contributed by atoms with Gasteiger partial charge >= 0.3 is 0 Å². The number of nitrogens with one attached hydrogen (secondary N) is 1. The van der Waals surface area contributed by atoms with E-state index in [0.29, 0.717) is 6.04 Å². The minimum absolute atomic E-state index is 0.341. The van der Waals surface area contributed by atoms with Crippen LogP contribution < -0.4 is 10.1 Å². The second-order valence-corrected chi connectivity index (χ2v) is 5.38. The van der Waals surface area contributed by atoms with Gasteiger partial charge in [-0.2, -0.15) is 5.10 Å². The highest BCUT2D eigenvalue weighted by atomic mass is 16.5. The molecule has 0 bridgehead atoms. The van der Waals surface area contributed by atoms with Crippen molar-refractivity contribution in [1.29, 1.82) is 0 Å². The van der Waals surface area contributed by atoms with Crippen LogP contribution in [0.4, 0.5) is 0 Å². The van der Waals surface area contributed by atoms with E-state index in [2.05, 4.69) is 43.3 Å². The van der Waals surface area contributed by atoms with Gasteiger partial charge in [-0.1, -0.05) is 13.0 Å². The molecule has 4 nitrogen and oxygen atoms in total. The first kappa shape index (κ1) is 15.6. The third kappa shape index (κ3) is 3.85. The Morgan fingerprint density at radius 1 is 1.33 bits per heavy atom. The van der Waals surface area contributed by atoms with Crippen molar-refractivity contribution in [2.45, 2.75) is 39.8 Å². The Balaban J connectivity index is 2.23. The zero-order valence-electron chi connectivity index (χ0n) is 13.4. The van der Waals surface area contributed by atoms with Crippen molar-refractivity contribution in [1.82, 2.24) is 15.1 Å². The number of hydrogen-bond donors (Lipinski definition) is 1. The van der Waals surface area contributed by atoms with Crippen LogP contribution in [0.3, 0.4) is 0 Å². The molecule has 0 saturated carbocycles. The first-order chi connectivity index (χ1) is 10.2. The van der Waals surface area contributed by atoms with Gasteiger partial charge in [0.1, 0.15) is 5.75 Å². The largest absolute Gasteiger partial charge is 0.496 e. The summed E-state index contributed by atoms with van der Waals surface area (Å²) in [5, 5.41) is 7.88. The van der Waals surface area contributed by atoms with Crippen LogP contribution in [-0.4, -0.2) is 23.4 Å². The van der Waals surface area contributed by atoms with E-state index in [1.54, 1.807) is 7.11 Å². The second kappa shape index (κ2) is 7.27. The Bertz CT molecular complexity index is 577. The number of nitrogens with zero attached hydrogens (tertiary/aromatic N) is 2. The molecule has 0 fully saturated rings. The van der Waals surface area contributed by atoms with E-state index in [1.807, 2.05) is 23.0 Å². The summed E-state index contributed by atoms with van der Waals surface area (Å²) < 4.78 is 7.48. The third-order valence-corrected chi connectivity index (χ3v) is 3.75. The number of rotatable bonds is 7. The number of methoxy groups -OCH3 is 1. The number of ether oxygens (including phenoxy) is 1. The van der Waals surface area contributed by atoms with Crippen LogP contribution in [0, 0.1) is 6.92 Å². The van der Waals surface area contributed by atoms with Crippen LogP contribution in [0.25, 0.3) is 0 Å². The molecule has 1 aromatic heterocycles. The molecular weight excluding hydrogens is 262 g/mol. The second-order valence-electron chi connectivity index (χ2n) is 5.38. The summed E-state index contributed by atoms with van der Waals surface area (Å²) in [6.45, 7) is 8.20. The van der Waals surface area contributed by atoms with Crippen molar-refractivity contribution in [2.75, 3.05) is 13.7 Å². The van der Waals surface area contributed by atoms with Gasteiger partial charge in [-0.05, 0) is 50.6 Å². The minimum Gasteiger partial charge on any atom is -0.496 e. The van der Waals surface area contributed by atoms with Crippen LogP contribution in [0.2, 0.25) is 0 Å². The molecule has 1 heterocycles. The average Bonchev–Trinajstić information content (AvgIpc) is 2.90. The van der Waals surface area contributed by atoms with Crippen LogP contribution in [-0.2, 0) is 6.54 Å². The smallest absolute Gasteiger partial charge is 0.123 e. The van der Waals surface area contributed by atoms with Crippen LogP contribution in [0.15, 0.2) is 30.5 Å². The molecule has 0 aliphatic rings. The molecule has 1 unspecified atom stereocenters. The first-order valence-electron chi connectivity index (χ1n) is 7.54. The summed E-state index contributed by atoms with van der Waals surface area (Å²) in [7, 11) is 1.72. The lowest BCUT2D eigenvalue weighted by Gasteiger charge is -2.17. The number of benzene rings is 1. The van der Waals surface area contributed by atoms with E-state index in [9.17, 15) is 0 Å². The minimum atomic E-state index is 0.341. The predicted octanol–water partition coefficient (Wildman–Crippen LogP) is 3.31. The summed E-state index contributed by atoms with van der Waals surface area (Å²) in [5.74, 6) is 0.913. The highest BCUT2D eigenvalue weighted by molar-refractivity contribution is 5.38. The Hall–Kier alpha value is -1.81. The van der Waals surface area contributed by atoms with Crippen molar-refractivity contribution < 1.29 is 4.74 Å². The highest BCUT2D eigenvalue weighted by Gasteiger charge is 2.10. The van der Waals surface area contributed by atoms with E-state index < -0.39 is 0 Å². The predicted molar refractivity (Wildman–Crippen MR) is 85.8 cm³/mol. The van der Waals surface area contributed by atoms with Crippen LogP contribution >= 0.6 is 0 Å². The number of aryl methyl sites for hydroxylation is 1. The van der Waals surface area contributed by atoms with Crippen LogP contribution in [0.1, 0.15) is 43.1 Å². The van der Waals surface area contributed by atoms with Gasteiger partial charge < -0.3 is 10.1 Å². The zero-order chi connectivity index (χ0) is 15.2. The molecule has 1 atom stereocenters. The molecule has 1 N–H and O–H groups in total. The van der Waals surface area contributed by atoms with Crippen LogP contribution in [0.5, 0.6) is 5.75 Å². The first-order valence-corrected chi connectivity index (χ1v) is 7.54. The average molecular weight is 287 g/mol. The Morgan fingerprint density at radius 2 is 2.14 bits per heavy atom. The molecule has 0 amide bonds. The van der Waals surface area contributed by atoms with Crippen molar-refractivity contribution >= 4 is 0 Å². The summed E-state index contributed by atoms with van der Waals surface area (Å²) in [5.41, 5.74) is 3.59. The van der Waals surface area contributed by atoms with Gasteiger partial charge in [0.05, 0.1) is 13.7 Å². The molecule has 21 heavy (non-hydrogen) atoms. The molecule has 114 valence electrons. The molecule has 1 aromatic carbocycles. The summed E-state index contributed by atoms with van der Waals surface area (Å²) in [6.07, 6.45) is 2.97. The molecule has 0 spiro atoms. The molecule has 4 heteroatoms. The molecule has 0 saturated heterocycles. The van der Waals surface area contributed by atoms with Gasteiger partial charge in [-0.25, -0.2) is 0 Å². The summed E-state index contributed by atoms with van der Waals surface area (Å²) in [6, 6.07) is 8.75. The van der Waals surface area contributed by atoms with Gasteiger partial charge in [-0.15, -0.1) is 0 Å². The van der Waals surface area contributed by atoms with E-state index >= 15 is 0 Å². The Morgan fingerprint density at radius 3 is 2.76 bits per heavy atom. The molecule has 0 radical (unpaired) electrons. The monoisotopic (exact) mass is 287 g/mol. The fraction of sp³-hybridized carbons (Fsp3) is 0.471. The van der Waals surface area contributed by atoms with Crippen molar-refractivity contribution in [2.24, 2.45) is 0 Å². The molecule has 0 aliphatic carbocycles. The lowest BCUT2D eigenvalue weighted by atomic mass is 10.0. The van der Waals surface area contributed by atoms with Gasteiger partial charge in [-0.3, -0.25) is 4.68 Å². The Labute approximate surface area is 127 Å². The topological polar surface area (TPSA) is 39.1 Å². The maximum atomic E-state index is 5.49. The van der Waals surface area contributed by atoms with E-state index in [1.165, 1.54) is 5.56 Å². The zero-order valence-corrected chi connectivity index (χ0v) is 13.4. The fourth-order valence-corrected chi connectivity index (χ4v) is 2.40. The summed E-state index contributed by atoms with van der Waals surface area (Å²) in [4.78, 5) is 0. The van der Waals surface area contributed by atoms with Crippen molar-refractivity contribution in [3.8, 4) is 5.75 Å². The third-order valence-electron chi connectivity index (χ3n) is 3.75. The SMILES string of the molecule is CCCNC(C)c1ccc(OC)c(Cn2nccc2C)c1. The van der Waals surface area contributed by atoms with Gasteiger partial charge in [0.15, 0.2) is 0 Å². The lowest BCUT2D eigenvalue weighted by molar-refractivity contribution is 0.406. The molecule has 2 aromatic rings. The van der Waals surface area contributed by atoms with E-state index in [0.717, 1.165) is 36.5 Å². The van der Waals surface area contributed by atoms with E-state index in [4.69, 9.17) is 4.74 Å². The lowest BCUT2D eigenvalue weighted by Crippen LogP contribution is -2.19. The van der Waals surface area contributed by atoms with Crippen molar-refractivity contribution in [3.63, 3.8) is 0 Å². The van der Waals surface area contributed by atoms with Gasteiger partial charge in [0.25, 0.3) is 0 Å². The summed E-state index contributed by atoms with van der Waals surface area (Å²) >= 11 is 0. The normalized spacial score (nSPS) is 12.4. The fourth-order valence-electron chi connectivity index (χ4n) is 2.40. The Kier molecular flexibility index (Phi) is 5.39. The molecular formula is C17H25N3O. The number of aromatic nitrogens is 2. The number of hydrogen-bond acceptors (Lipinski definition) is 3. The molecule has 0 aliphatic heterocycles. The van der Waals surface area contributed by atoms with Gasteiger partial charge in [0, 0.05) is 23.5 Å². The highest BCUT2D eigenvalue weighted by Crippen LogP contribution is 2.24. The maximum Gasteiger partial charge on any atom is 0.123 e. The quantitative estimate of drug-likeness (QED) is 0.849. The van der Waals surface area contributed by atoms with Gasteiger partial charge in [0.2, 0.25) is 0 Å². The maximum absolute atomic E-state index is 5.49. The standard InChI is InChI=1S/C17H25N3O/c1-5-9-18-14(3)15-6-7-17(21-4)16(11-15)12-20-13(2)8-10-19-20/h6-8,10-11,14,18H,5,9,12H2,1-4H3.